The highest BCUT2D eigenvalue weighted by Crippen LogP contribution is 2.31. The first-order valence-corrected chi connectivity index (χ1v) is 7.41. The summed E-state index contributed by atoms with van der Waals surface area (Å²) in [5, 5.41) is 3.61. The molecule has 1 saturated heterocycles. The summed E-state index contributed by atoms with van der Waals surface area (Å²) in [6, 6.07) is 9.08. The number of anilines is 1. The first kappa shape index (κ1) is 14.4. The van der Waals surface area contributed by atoms with Crippen molar-refractivity contribution >= 4 is 5.69 Å². The number of benzene rings is 1. The first-order chi connectivity index (χ1) is 8.84. The van der Waals surface area contributed by atoms with Gasteiger partial charge in [0, 0.05) is 30.9 Å². The predicted molar refractivity (Wildman–Crippen MR) is 83.9 cm³/mol. The van der Waals surface area contributed by atoms with Gasteiger partial charge in [-0.05, 0) is 43.4 Å². The van der Waals surface area contributed by atoms with Crippen LogP contribution in [-0.2, 0) is 6.42 Å². The van der Waals surface area contributed by atoms with Gasteiger partial charge in [-0.2, -0.15) is 0 Å². The summed E-state index contributed by atoms with van der Waals surface area (Å²) in [6.07, 6.45) is 1.11. The SMILES string of the molecule is CCc1ccc(N2CC(C)(C)CNCC2(C)C)cc1. The van der Waals surface area contributed by atoms with Crippen LogP contribution in [0.3, 0.4) is 0 Å². The fourth-order valence-electron chi connectivity index (χ4n) is 2.85. The van der Waals surface area contributed by atoms with Gasteiger partial charge in [-0.25, -0.2) is 0 Å². The molecule has 2 heteroatoms. The molecule has 1 aliphatic rings. The van der Waals surface area contributed by atoms with Gasteiger partial charge in [-0.3, -0.25) is 0 Å². The number of rotatable bonds is 2. The second-order valence-electron chi connectivity index (χ2n) is 7.19. The van der Waals surface area contributed by atoms with Crippen LogP contribution in [0.2, 0.25) is 0 Å². The zero-order valence-corrected chi connectivity index (χ0v) is 13.1. The fourth-order valence-corrected chi connectivity index (χ4v) is 2.85. The third-order valence-corrected chi connectivity index (χ3v) is 4.13. The van der Waals surface area contributed by atoms with Crippen molar-refractivity contribution in [3.63, 3.8) is 0 Å². The Bertz CT molecular complexity index is 417. The fraction of sp³-hybridized carbons (Fsp3) is 0.647. The highest BCUT2D eigenvalue weighted by Gasteiger charge is 2.35. The van der Waals surface area contributed by atoms with Gasteiger partial charge >= 0.3 is 0 Å². The van der Waals surface area contributed by atoms with Crippen LogP contribution in [0.1, 0.15) is 40.2 Å². The molecule has 0 radical (unpaired) electrons. The normalized spacial score (nSPS) is 22.1. The highest BCUT2D eigenvalue weighted by atomic mass is 15.2. The van der Waals surface area contributed by atoms with Crippen molar-refractivity contribution in [1.82, 2.24) is 5.32 Å². The summed E-state index contributed by atoms with van der Waals surface area (Å²) in [5.74, 6) is 0. The molecule has 0 aliphatic carbocycles. The summed E-state index contributed by atoms with van der Waals surface area (Å²) < 4.78 is 0. The molecule has 0 amide bonds. The smallest absolute Gasteiger partial charge is 0.0470 e. The van der Waals surface area contributed by atoms with Crippen molar-refractivity contribution in [2.75, 3.05) is 24.5 Å². The summed E-state index contributed by atoms with van der Waals surface area (Å²) in [4.78, 5) is 2.56. The van der Waals surface area contributed by atoms with E-state index in [1.165, 1.54) is 11.3 Å². The van der Waals surface area contributed by atoms with Crippen molar-refractivity contribution in [2.45, 2.75) is 46.6 Å². The minimum Gasteiger partial charge on any atom is -0.365 e. The minimum absolute atomic E-state index is 0.154. The van der Waals surface area contributed by atoms with Crippen LogP contribution >= 0.6 is 0 Å². The van der Waals surface area contributed by atoms with Gasteiger partial charge in [0.25, 0.3) is 0 Å². The molecule has 2 rings (SSSR count). The monoisotopic (exact) mass is 260 g/mol. The Morgan fingerprint density at radius 3 is 2.26 bits per heavy atom. The number of nitrogens with one attached hydrogen (secondary N) is 1. The maximum Gasteiger partial charge on any atom is 0.0470 e. The summed E-state index contributed by atoms with van der Waals surface area (Å²) in [5.41, 5.74) is 3.21. The van der Waals surface area contributed by atoms with E-state index >= 15 is 0 Å². The third-order valence-electron chi connectivity index (χ3n) is 4.13. The molecule has 0 spiro atoms. The van der Waals surface area contributed by atoms with Crippen molar-refractivity contribution in [2.24, 2.45) is 5.41 Å². The van der Waals surface area contributed by atoms with Crippen molar-refractivity contribution < 1.29 is 0 Å². The molecule has 0 atom stereocenters. The van der Waals surface area contributed by atoms with Gasteiger partial charge in [0.15, 0.2) is 0 Å². The van der Waals surface area contributed by atoms with Gasteiger partial charge in [-0.1, -0.05) is 32.9 Å². The summed E-state index contributed by atoms with van der Waals surface area (Å²) >= 11 is 0. The Hall–Kier alpha value is -1.02. The van der Waals surface area contributed by atoms with E-state index in [2.05, 4.69) is 69.1 Å². The topological polar surface area (TPSA) is 15.3 Å². The number of aryl methyl sites for hydroxylation is 1. The molecule has 19 heavy (non-hydrogen) atoms. The van der Waals surface area contributed by atoms with E-state index in [1.807, 2.05) is 0 Å². The molecule has 1 aromatic carbocycles. The molecule has 1 aromatic rings. The molecule has 0 bridgehead atoms. The molecule has 106 valence electrons. The van der Waals surface area contributed by atoms with Crippen molar-refractivity contribution in [3.05, 3.63) is 29.8 Å². The Morgan fingerprint density at radius 1 is 1.05 bits per heavy atom. The quantitative estimate of drug-likeness (QED) is 0.876. The third kappa shape index (κ3) is 3.30. The molecule has 0 unspecified atom stereocenters. The average molecular weight is 260 g/mol. The van der Waals surface area contributed by atoms with E-state index in [-0.39, 0.29) is 5.54 Å². The Balaban J connectivity index is 2.31. The van der Waals surface area contributed by atoms with Crippen LogP contribution in [-0.4, -0.2) is 25.2 Å². The van der Waals surface area contributed by atoms with Gasteiger partial charge < -0.3 is 10.2 Å². The van der Waals surface area contributed by atoms with E-state index in [4.69, 9.17) is 0 Å². The second-order valence-corrected chi connectivity index (χ2v) is 7.19. The lowest BCUT2D eigenvalue weighted by molar-refractivity contribution is 0.365. The lowest BCUT2D eigenvalue weighted by Crippen LogP contribution is -2.49. The maximum atomic E-state index is 3.61. The largest absolute Gasteiger partial charge is 0.365 e. The van der Waals surface area contributed by atoms with Crippen LogP contribution < -0.4 is 10.2 Å². The molecular formula is C17H28N2. The molecule has 1 heterocycles. The Kier molecular flexibility index (Phi) is 3.91. The predicted octanol–water partition coefficient (Wildman–Crippen LogP) is 3.46. The Labute approximate surface area is 118 Å². The molecule has 0 saturated carbocycles. The zero-order valence-electron chi connectivity index (χ0n) is 13.1. The standard InChI is InChI=1S/C17H28N2/c1-6-14-7-9-15(10-8-14)19-13-16(2,3)11-18-12-17(19,4)5/h7-10,18H,6,11-13H2,1-5H3. The summed E-state index contributed by atoms with van der Waals surface area (Å²) in [7, 11) is 0. The van der Waals surface area contributed by atoms with Crippen molar-refractivity contribution in [1.29, 1.82) is 0 Å². The van der Waals surface area contributed by atoms with E-state index in [0.29, 0.717) is 5.41 Å². The van der Waals surface area contributed by atoms with Gasteiger partial charge in [0.1, 0.15) is 0 Å². The molecular weight excluding hydrogens is 232 g/mol. The summed E-state index contributed by atoms with van der Waals surface area (Å²) in [6.45, 7) is 14.8. The minimum atomic E-state index is 0.154. The zero-order chi connectivity index (χ0) is 14.1. The van der Waals surface area contributed by atoms with Crippen LogP contribution in [0, 0.1) is 5.41 Å². The van der Waals surface area contributed by atoms with Gasteiger partial charge in [0.05, 0.1) is 0 Å². The van der Waals surface area contributed by atoms with Crippen LogP contribution in [0.4, 0.5) is 5.69 Å². The van der Waals surface area contributed by atoms with E-state index < -0.39 is 0 Å². The molecule has 1 N–H and O–H groups in total. The van der Waals surface area contributed by atoms with Crippen LogP contribution in [0.25, 0.3) is 0 Å². The number of hydrogen-bond acceptors (Lipinski definition) is 2. The van der Waals surface area contributed by atoms with Gasteiger partial charge in [-0.15, -0.1) is 0 Å². The number of nitrogens with zero attached hydrogens (tertiary/aromatic N) is 1. The molecule has 1 aliphatic heterocycles. The van der Waals surface area contributed by atoms with E-state index in [1.54, 1.807) is 0 Å². The second kappa shape index (κ2) is 5.16. The van der Waals surface area contributed by atoms with Crippen LogP contribution in [0.5, 0.6) is 0 Å². The molecule has 2 nitrogen and oxygen atoms in total. The average Bonchev–Trinajstić information content (AvgIpc) is 2.45. The van der Waals surface area contributed by atoms with Crippen molar-refractivity contribution in [3.8, 4) is 0 Å². The molecule has 0 aromatic heterocycles. The van der Waals surface area contributed by atoms with E-state index in [0.717, 1.165) is 26.1 Å². The highest BCUT2D eigenvalue weighted by molar-refractivity contribution is 5.50. The lowest BCUT2D eigenvalue weighted by atomic mass is 9.91. The van der Waals surface area contributed by atoms with E-state index in [9.17, 15) is 0 Å². The van der Waals surface area contributed by atoms with Crippen LogP contribution in [0.15, 0.2) is 24.3 Å². The number of hydrogen-bond donors (Lipinski definition) is 1. The maximum absolute atomic E-state index is 3.61. The first-order valence-electron chi connectivity index (χ1n) is 7.41. The lowest BCUT2D eigenvalue weighted by Gasteiger charge is -2.41. The molecule has 1 fully saturated rings. The Morgan fingerprint density at radius 2 is 1.68 bits per heavy atom. The van der Waals surface area contributed by atoms with Gasteiger partial charge in [0.2, 0.25) is 0 Å².